The molecule has 2 unspecified atom stereocenters. The van der Waals surface area contributed by atoms with Crippen molar-refractivity contribution in [2.24, 2.45) is 5.92 Å². The highest BCUT2D eigenvalue weighted by atomic mass is 79.9. The Balaban J connectivity index is 1.78. The van der Waals surface area contributed by atoms with Gasteiger partial charge in [-0.1, -0.05) is 35.0 Å². The van der Waals surface area contributed by atoms with Gasteiger partial charge in [-0.2, -0.15) is 0 Å². The van der Waals surface area contributed by atoms with Crippen LogP contribution in [0.5, 0.6) is 0 Å². The summed E-state index contributed by atoms with van der Waals surface area (Å²) in [5, 5.41) is 9.99. The molecule has 3 rings (SSSR count). The van der Waals surface area contributed by atoms with Crippen LogP contribution in [0.2, 0.25) is 0 Å². The Bertz CT molecular complexity index is 510. The molecule has 1 aromatic rings. The van der Waals surface area contributed by atoms with E-state index in [0.717, 1.165) is 35.8 Å². The molecular weight excluding hydrogens is 318 g/mol. The van der Waals surface area contributed by atoms with Gasteiger partial charge in [0, 0.05) is 17.6 Å². The molecule has 1 saturated heterocycles. The van der Waals surface area contributed by atoms with E-state index in [1.807, 2.05) is 36.1 Å². The maximum Gasteiger partial charge on any atom is 0.233 e. The molecule has 1 aliphatic heterocycles. The lowest BCUT2D eigenvalue weighted by Gasteiger charge is -2.36. The summed E-state index contributed by atoms with van der Waals surface area (Å²) in [7, 11) is 0. The number of piperidine rings is 1. The summed E-state index contributed by atoms with van der Waals surface area (Å²) in [4.78, 5) is 14.7. The number of hydrogen-bond donors (Lipinski definition) is 1. The van der Waals surface area contributed by atoms with Crippen LogP contribution < -0.4 is 0 Å². The molecule has 20 heavy (non-hydrogen) atoms. The van der Waals surface area contributed by atoms with Crippen LogP contribution in [0.1, 0.15) is 31.7 Å². The van der Waals surface area contributed by atoms with Crippen molar-refractivity contribution in [1.82, 2.24) is 4.90 Å². The van der Waals surface area contributed by atoms with Crippen LogP contribution in [0.25, 0.3) is 0 Å². The fraction of sp³-hybridized carbons (Fsp3) is 0.562. The molecule has 3 nitrogen and oxygen atoms in total. The molecule has 1 saturated carbocycles. The van der Waals surface area contributed by atoms with Gasteiger partial charge in [-0.15, -0.1) is 0 Å². The van der Waals surface area contributed by atoms with Crippen LogP contribution in [0, 0.1) is 5.92 Å². The third kappa shape index (κ3) is 2.40. The molecular formula is C16H20BrNO2. The van der Waals surface area contributed by atoms with Crippen molar-refractivity contribution in [2.75, 3.05) is 13.1 Å². The molecule has 1 aliphatic carbocycles. The molecule has 1 aromatic carbocycles. The highest BCUT2D eigenvalue weighted by Crippen LogP contribution is 2.50. The van der Waals surface area contributed by atoms with Crippen LogP contribution in [0.15, 0.2) is 28.7 Å². The second kappa shape index (κ2) is 5.15. The standard InChI is InChI=1S/C16H20BrNO2/c1-11-6-9-18(10-14(11)19)15(20)16(7-8-16)12-2-4-13(17)5-3-12/h2-5,11,14,19H,6-10H2,1H3. The predicted octanol–water partition coefficient (Wildman–Crippen LogP) is 2.71. The number of halogens is 1. The van der Waals surface area contributed by atoms with Crippen molar-refractivity contribution < 1.29 is 9.90 Å². The summed E-state index contributed by atoms with van der Waals surface area (Å²) in [6.45, 7) is 3.31. The van der Waals surface area contributed by atoms with Crippen molar-refractivity contribution in [3.63, 3.8) is 0 Å². The molecule has 4 heteroatoms. The zero-order valence-corrected chi connectivity index (χ0v) is 13.3. The Morgan fingerprint density at radius 1 is 1.35 bits per heavy atom. The Morgan fingerprint density at radius 2 is 2.00 bits per heavy atom. The average molecular weight is 338 g/mol. The number of nitrogens with zero attached hydrogens (tertiary/aromatic N) is 1. The SMILES string of the molecule is CC1CCN(C(=O)C2(c3ccc(Br)cc3)CC2)CC1O. The molecule has 1 N–H and O–H groups in total. The highest BCUT2D eigenvalue weighted by Gasteiger charge is 2.53. The molecule has 2 aliphatic rings. The van der Waals surface area contributed by atoms with E-state index in [2.05, 4.69) is 15.9 Å². The van der Waals surface area contributed by atoms with Crippen LogP contribution in [0.3, 0.4) is 0 Å². The molecule has 2 fully saturated rings. The van der Waals surface area contributed by atoms with Crippen molar-refractivity contribution in [3.05, 3.63) is 34.3 Å². The van der Waals surface area contributed by atoms with Crippen molar-refractivity contribution in [3.8, 4) is 0 Å². The number of likely N-dealkylation sites (tertiary alicyclic amines) is 1. The van der Waals surface area contributed by atoms with Gasteiger partial charge in [-0.25, -0.2) is 0 Å². The molecule has 2 atom stereocenters. The van der Waals surface area contributed by atoms with Gasteiger partial charge in [0.15, 0.2) is 0 Å². The van der Waals surface area contributed by atoms with Gasteiger partial charge in [-0.3, -0.25) is 4.79 Å². The summed E-state index contributed by atoms with van der Waals surface area (Å²) >= 11 is 3.43. The fourth-order valence-electron chi connectivity index (χ4n) is 3.06. The second-order valence-electron chi connectivity index (χ2n) is 6.17. The summed E-state index contributed by atoms with van der Waals surface area (Å²) in [6, 6.07) is 8.07. The second-order valence-corrected chi connectivity index (χ2v) is 7.09. The fourth-order valence-corrected chi connectivity index (χ4v) is 3.32. The smallest absolute Gasteiger partial charge is 0.233 e. The Kier molecular flexibility index (Phi) is 3.63. The summed E-state index contributed by atoms with van der Waals surface area (Å²) < 4.78 is 1.03. The van der Waals surface area contributed by atoms with Crippen LogP contribution in [-0.2, 0) is 10.2 Å². The maximum absolute atomic E-state index is 12.8. The maximum atomic E-state index is 12.8. The van der Waals surface area contributed by atoms with Crippen LogP contribution in [-0.4, -0.2) is 35.1 Å². The van der Waals surface area contributed by atoms with E-state index < -0.39 is 0 Å². The Morgan fingerprint density at radius 3 is 2.55 bits per heavy atom. The molecule has 0 spiro atoms. The monoisotopic (exact) mass is 337 g/mol. The first-order valence-corrected chi connectivity index (χ1v) is 8.06. The number of hydrogen-bond acceptors (Lipinski definition) is 2. The number of carbonyl (C=O) groups excluding carboxylic acids is 1. The normalized spacial score (nSPS) is 28.2. The number of benzene rings is 1. The number of amides is 1. The van der Waals surface area contributed by atoms with Gasteiger partial charge in [0.1, 0.15) is 0 Å². The third-order valence-corrected chi connectivity index (χ3v) is 5.29. The van der Waals surface area contributed by atoms with E-state index in [0.29, 0.717) is 12.5 Å². The van der Waals surface area contributed by atoms with Crippen LogP contribution in [0.4, 0.5) is 0 Å². The first-order valence-electron chi connectivity index (χ1n) is 7.26. The number of aliphatic hydroxyl groups is 1. The highest BCUT2D eigenvalue weighted by molar-refractivity contribution is 9.10. The largest absolute Gasteiger partial charge is 0.391 e. The van der Waals surface area contributed by atoms with E-state index in [1.165, 1.54) is 0 Å². The Hall–Kier alpha value is -0.870. The number of β-amino-alcohol motifs (C(OH)–C–C–N with tert-alkyl or cyclic N) is 1. The lowest BCUT2D eigenvalue weighted by molar-refractivity contribution is -0.138. The quantitative estimate of drug-likeness (QED) is 0.901. The van der Waals surface area contributed by atoms with Gasteiger partial charge in [-0.05, 0) is 42.9 Å². The van der Waals surface area contributed by atoms with Gasteiger partial charge in [0.2, 0.25) is 5.91 Å². The number of aliphatic hydroxyl groups excluding tert-OH is 1. The van der Waals surface area contributed by atoms with Crippen molar-refractivity contribution in [1.29, 1.82) is 0 Å². The zero-order chi connectivity index (χ0) is 14.3. The molecule has 1 heterocycles. The lowest BCUT2D eigenvalue weighted by atomic mass is 9.91. The first-order chi connectivity index (χ1) is 9.53. The third-order valence-electron chi connectivity index (χ3n) is 4.76. The summed E-state index contributed by atoms with van der Waals surface area (Å²) in [5.41, 5.74) is 0.792. The van der Waals surface area contributed by atoms with E-state index >= 15 is 0 Å². The Labute approximate surface area is 128 Å². The summed E-state index contributed by atoms with van der Waals surface area (Å²) in [5.74, 6) is 0.493. The number of rotatable bonds is 2. The molecule has 0 radical (unpaired) electrons. The summed E-state index contributed by atoms with van der Waals surface area (Å²) in [6.07, 6.45) is 2.36. The van der Waals surface area contributed by atoms with Crippen molar-refractivity contribution >= 4 is 21.8 Å². The molecule has 1 amide bonds. The minimum atomic E-state index is -0.381. The topological polar surface area (TPSA) is 40.5 Å². The lowest BCUT2D eigenvalue weighted by Crippen LogP contribution is -2.49. The van der Waals surface area contributed by atoms with Gasteiger partial charge < -0.3 is 10.0 Å². The average Bonchev–Trinajstić information content (AvgIpc) is 3.23. The van der Waals surface area contributed by atoms with E-state index in [-0.39, 0.29) is 17.4 Å². The first kappa shape index (κ1) is 14.1. The van der Waals surface area contributed by atoms with Gasteiger partial charge in [0.25, 0.3) is 0 Å². The number of carbonyl (C=O) groups is 1. The molecule has 0 aromatic heterocycles. The molecule has 108 valence electrons. The zero-order valence-electron chi connectivity index (χ0n) is 11.7. The van der Waals surface area contributed by atoms with Crippen LogP contribution >= 0.6 is 15.9 Å². The van der Waals surface area contributed by atoms with E-state index in [4.69, 9.17) is 0 Å². The van der Waals surface area contributed by atoms with Gasteiger partial charge in [0.05, 0.1) is 11.5 Å². The minimum Gasteiger partial charge on any atom is -0.391 e. The molecule has 0 bridgehead atoms. The van der Waals surface area contributed by atoms with Crippen molar-refractivity contribution in [2.45, 2.75) is 37.7 Å². The minimum absolute atomic E-state index is 0.200. The predicted molar refractivity (Wildman–Crippen MR) is 81.4 cm³/mol. The van der Waals surface area contributed by atoms with E-state index in [1.54, 1.807) is 0 Å². The van der Waals surface area contributed by atoms with Gasteiger partial charge >= 0.3 is 0 Å². The van der Waals surface area contributed by atoms with E-state index in [9.17, 15) is 9.90 Å².